The zero-order valence-electron chi connectivity index (χ0n) is 8.81. The second kappa shape index (κ2) is 4.72. The Bertz CT molecular complexity index is 325. The molecule has 1 unspecified atom stereocenters. The first kappa shape index (κ1) is 10.6. The highest BCUT2D eigenvalue weighted by atomic mass is 32.2. The molecule has 3 N–H and O–H groups in total. The average Bonchev–Trinajstić information content (AvgIpc) is 2.81. The van der Waals surface area contributed by atoms with Crippen LogP contribution in [0.2, 0.25) is 0 Å². The SMILES string of the molecule is CN(c1cccc(NN)n1)C1CCSC1. The average molecular weight is 224 g/mol. The van der Waals surface area contributed by atoms with Crippen molar-refractivity contribution in [2.75, 3.05) is 28.9 Å². The van der Waals surface area contributed by atoms with Crippen LogP contribution < -0.4 is 16.2 Å². The summed E-state index contributed by atoms with van der Waals surface area (Å²) in [6.45, 7) is 0. The third kappa shape index (κ3) is 2.35. The van der Waals surface area contributed by atoms with Crippen molar-refractivity contribution in [2.45, 2.75) is 12.5 Å². The topological polar surface area (TPSA) is 54.2 Å². The van der Waals surface area contributed by atoms with Crippen LogP contribution >= 0.6 is 11.8 Å². The van der Waals surface area contributed by atoms with Gasteiger partial charge in [-0.15, -0.1) is 0 Å². The predicted molar refractivity (Wildman–Crippen MR) is 66.2 cm³/mol. The summed E-state index contributed by atoms with van der Waals surface area (Å²) in [6, 6.07) is 6.45. The molecule has 1 saturated heterocycles. The number of nitrogens with two attached hydrogens (primary N) is 1. The van der Waals surface area contributed by atoms with Crippen molar-refractivity contribution in [3.63, 3.8) is 0 Å². The summed E-state index contributed by atoms with van der Waals surface area (Å²) < 4.78 is 0. The maximum absolute atomic E-state index is 5.34. The van der Waals surface area contributed by atoms with E-state index in [4.69, 9.17) is 5.84 Å². The molecule has 82 valence electrons. The van der Waals surface area contributed by atoms with Crippen LogP contribution in [0.4, 0.5) is 11.6 Å². The van der Waals surface area contributed by atoms with Gasteiger partial charge in [-0.2, -0.15) is 11.8 Å². The quantitative estimate of drug-likeness (QED) is 0.599. The molecule has 1 atom stereocenters. The second-order valence-corrected chi connectivity index (χ2v) is 4.80. The van der Waals surface area contributed by atoms with Crippen LogP contribution in [0.15, 0.2) is 18.2 Å². The van der Waals surface area contributed by atoms with Crippen LogP contribution in [0.3, 0.4) is 0 Å². The zero-order chi connectivity index (χ0) is 10.7. The minimum atomic E-state index is 0.607. The molecule has 2 heterocycles. The van der Waals surface area contributed by atoms with Crippen molar-refractivity contribution in [3.8, 4) is 0 Å². The normalized spacial score (nSPS) is 20.3. The maximum atomic E-state index is 5.34. The van der Waals surface area contributed by atoms with Gasteiger partial charge in [0.2, 0.25) is 0 Å². The van der Waals surface area contributed by atoms with E-state index >= 15 is 0 Å². The van der Waals surface area contributed by atoms with Gasteiger partial charge in [-0.25, -0.2) is 10.8 Å². The molecular weight excluding hydrogens is 208 g/mol. The van der Waals surface area contributed by atoms with Gasteiger partial charge in [0.25, 0.3) is 0 Å². The lowest BCUT2D eigenvalue weighted by molar-refractivity contribution is 0.692. The largest absolute Gasteiger partial charge is 0.356 e. The number of aromatic nitrogens is 1. The summed E-state index contributed by atoms with van der Waals surface area (Å²) >= 11 is 2.01. The Morgan fingerprint density at radius 3 is 3.13 bits per heavy atom. The molecule has 0 amide bonds. The van der Waals surface area contributed by atoms with Gasteiger partial charge in [-0.1, -0.05) is 6.07 Å². The summed E-state index contributed by atoms with van der Waals surface area (Å²) in [5.41, 5.74) is 2.57. The molecule has 0 saturated carbocycles. The Hall–Kier alpha value is -0.940. The van der Waals surface area contributed by atoms with Gasteiger partial charge in [-0.05, 0) is 24.3 Å². The Labute approximate surface area is 94.2 Å². The van der Waals surface area contributed by atoms with Crippen LogP contribution in [0.5, 0.6) is 0 Å². The summed E-state index contributed by atoms with van der Waals surface area (Å²) in [6.07, 6.45) is 1.24. The molecule has 1 aromatic rings. The molecule has 4 nitrogen and oxygen atoms in total. The first-order valence-corrected chi connectivity index (χ1v) is 6.21. The van der Waals surface area contributed by atoms with Crippen LogP contribution in [-0.2, 0) is 0 Å². The van der Waals surface area contributed by atoms with Crippen LogP contribution in [0.1, 0.15) is 6.42 Å². The van der Waals surface area contributed by atoms with Crippen molar-refractivity contribution in [2.24, 2.45) is 5.84 Å². The number of hydrogen-bond acceptors (Lipinski definition) is 5. The van der Waals surface area contributed by atoms with Crippen LogP contribution in [0, 0.1) is 0 Å². The molecule has 0 bridgehead atoms. The predicted octanol–water partition coefficient (Wildman–Crippen LogP) is 1.31. The molecule has 1 fully saturated rings. The minimum absolute atomic E-state index is 0.607. The zero-order valence-corrected chi connectivity index (χ0v) is 9.63. The highest BCUT2D eigenvalue weighted by Crippen LogP contribution is 2.25. The number of thioether (sulfide) groups is 1. The molecular formula is C10H16N4S. The van der Waals surface area contributed by atoms with E-state index in [1.54, 1.807) is 0 Å². The lowest BCUT2D eigenvalue weighted by Crippen LogP contribution is -2.32. The first-order valence-electron chi connectivity index (χ1n) is 5.05. The lowest BCUT2D eigenvalue weighted by Gasteiger charge is -2.25. The summed E-state index contributed by atoms with van der Waals surface area (Å²) in [4.78, 5) is 6.65. The number of hydrazine groups is 1. The van der Waals surface area contributed by atoms with Crippen molar-refractivity contribution in [1.29, 1.82) is 0 Å². The maximum Gasteiger partial charge on any atom is 0.142 e. The lowest BCUT2D eigenvalue weighted by atomic mass is 10.2. The van der Waals surface area contributed by atoms with Gasteiger partial charge in [0.15, 0.2) is 0 Å². The van der Waals surface area contributed by atoms with Crippen LogP contribution in [-0.4, -0.2) is 29.6 Å². The van der Waals surface area contributed by atoms with Gasteiger partial charge in [0.1, 0.15) is 11.6 Å². The van der Waals surface area contributed by atoms with Gasteiger partial charge in [0.05, 0.1) is 0 Å². The minimum Gasteiger partial charge on any atom is -0.356 e. The molecule has 2 rings (SSSR count). The number of nitrogens with zero attached hydrogens (tertiary/aromatic N) is 2. The van der Waals surface area contributed by atoms with Crippen molar-refractivity contribution < 1.29 is 0 Å². The molecule has 1 aromatic heterocycles. The van der Waals surface area contributed by atoms with Crippen molar-refractivity contribution >= 4 is 23.4 Å². The number of anilines is 2. The number of nitrogens with one attached hydrogen (secondary N) is 1. The van der Waals surface area contributed by atoms with Gasteiger partial charge in [0, 0.05) is 18.8 Å². The standard InChI is InChI=1S/C10H16N4S/c1-14(8-5-6-15-7-8)10-4-2-3-9(12-10)13-11/h2-4,8H,5-7,11H2,1H3,(H,12,13). The molecule has 15 heavy (non-hydrogen) atoms. The Morgan fingerprint density at radius 2 is 2.47 bits per heavy atom. The Kier molecular flexibility index (Phi) is 3.33. The van der Waals surface area contributed by atoms with E-state index in [2.05, 4.69) is 22.4 Å². The summed E-state index contributed by atoms with van der Waals surface area (Å²) in [7, 11) is 2.10. The molecule has 5 heteroatoms. The van der Waals surface area contributed by atoms with Gasteiger partial charge in [-0.3, -0.25) is 0 Å². The molecule has 0 spiro atoms. The van der Waals surface area contributed by atoms with Gasteiger partial charge >= 0.3 is 0 Å². The fraction of sp³-hybridized carbons (Fsp3) is 0.500. The van der Waals surface area contributed by atoms with Crippen molar-refractivity contribution in [1.82, 2.24) is 4.98 Å². The van der Waals surface area contributed by atoms with E-state index in [0.29, 0.717) is 11.9 Å². The number of hydrogen-bond donors (Lipinski definition) is 2. The molecule has 0 radical (unpaired) electrons. The summed E-state index contributed by atoms with van der Waals surface area (Å²) in [5, 5.41) is 0. The summed E-state index contributed by atoms with van der Waals surface area (Å²) in [5.74, 6) is 9.48. The molecule has 0 aromatic carbocycles. The fourth-order valence-electron chi connectivity index (χ4n) is 1.71. The number of pyridine rings is 1. The van der Waals surface area contributed by atoms with E-state index in [1.165, 1.54) is 17.9 Å². The highest BCUT2D eigenvalue weighted by molar-refractivity contribution is 7.99. The molecule has 1 aliphatic heterocycles. The Balaban J connectivity index is 2.13. The number of nitrogen functional groups attached to an aromatic ring is 1. The van der Waals surface area contributed by atoms with Crippen molar-refractivity contribution in [3.05, 3.63) is 18.2 Å². The number of rotatable bonds is 3. The van der Waals surface area contributed by atoms with Crippen LogP contribution in [0.25, 0.3) is 0 Å². The van der Waals surface area contributed by atoms with E-state index in [9.17, 15) is 0 Å². The monoisotopic (exact) mass is 224 g/mol. The van der Waals surface area contributed by atoms with E-state index < -0.39 is 0 Å². The van der Waals surface area contributed by atoms with Gasteiger partial charge < -0.3 is 10.3 Å². The third-order valence-electron chi connectivity index (χ3n) is 2.70. The smallest absolute Gasteiger partial charge is 0.142 e. The third-order valence-corrected chi connectivity index (χ3v) is 3.84. The molecule has 1 aliphatic rings. The fourth-order valence-corrected chi connectivity index (χ4v) is 2.98. The van der Waals surface area contributed by atoms with E-state index in [0.717, 1.165) is 5.82 Å². The molecule has 0 aliphatic carbocycles. The van der Waals surface area contributed by atoms with E-state index in [-0.39, 0.29) is 0 Å². The first-order chi connectivity index (χ1) is 7.31. The Morgan fingerprint density at radius 1 is 1.60 bits per heavy atom. The second-order valence-electron chi connectivity index (χ2n) is 3.65. The van der Waals surface area contributed by atoms with E-state index in [1.807, 2.05) is 30.0 Å². The highest BCUT2D eigenvalue weighted by Gasteiger charge is 2.20.